The van der Waals surface area contributed by atoms with Gasteiger partial charge in [0.25, 0.3) is 0 Å². The molecule has 0 bridgehead atoms. The zero-order chi connectivity index (χ0) is 15.8. The average molecular weight is 328 g/mol. The largest absolute Gasteiger partial charge is 0.346 e. The number of benzene rings is 1. The molecule has 23 heavy (non-hydrogen) atoms. The first kappa shape index (κ1) is 14.6. The Morgan fingerprint density at radius 3 is 2.87 bits per heavy atom. The quantitative estimate of drug-likeness (QED) is 0.848. The van der Waals surface area contributed by atoms with E-state index in [0.29, 0.717) is 5.91 Å². The molecule has 6 heteroatoms. The molecule has 0 radical (unpaired) electrons. The van der Waals surface area contributed by atoms with Crippen LogP contribution in [0.5, 0.6) is 0 Å². The molecule has 1 unspecified atom stereocenters. The lowest BCUT2D eigenvalue weighted by molar-refractivity contribution is -0.135. The maximum Gasteiger partial charge on any atom is 0.227 e. The number of carbonyl (C=O) groups is 1. The zero-order valence-electron chi connectivity index (χ0n) is 13.2. The molecule has 2 aliphatic rings. The van der Waals surface area contributed by atoms with Gasteiger partial charge in [-0.25, -0.2) is 4.98 Å². The van der Waals surface area contributed by atoms with Crippen LogP contribution < -0.4 is 4.90 Å². The maximum atomic E-state index is 12.9. The van der Waals surface area contributed by atoms with Gasteiger partial charge in [0.1, 0.15) is 5.82 Å². The highest BCUT2D eigenvalue weighted by Crippen LogP contribution is 2.28. The molecule has 4 rings (SSSR count). The third-order valence-corrected chi connectivity index (χ3v) is 5.64. The number of rotatable bonds is 2. The summed E-state index contributed by atoms with van der Waals surface area (Å²) in [5, 5.41) is 0.946. The number of nitrogens with zero attached hydrogens (tertiary/aromatic N) is 4. The SMILES string of the molecule is Cc1nsc(N2CCC(C(=O)N3CCc4ccccc4C3)C2)n1. The predicted octanol–water partition coefficient (Wildman–Crippen LogP) is 2.26. The molecule has 1 saturated heterocycles. The van der Waals surface area contributed by atoms with Crippen molar-refractivity contribution in [3.63, 3.8) is 0 Å². The summed E-state index contributed by atoms with van der Waals surface area (Å²) in [7, 11) is 0. The van der Waals surface area contributed by atoms with Crippen molar-refractivity contribution in [2.75, 3.05) is 24.5 Å². The molecule has 3 heterocycles. The summed E-state index contributed by atoms with van der Waals surface area (Å²) in [6.07, 6.45) is 1.88. The second-order valence-electron chi connectivity index (χ2n) is 6.33. The molecule has 2 aliphatic heterocycles. The average Bonchev–Trinajstić information content (AvgIpc) is 3.22. The smallest absolute Gasteiger partial charge is 0.227 e. The van der Waals surface area contributed by atoms with Gasteiger partial charge in [-0.3, -0.25) is 4.79 Å². The summed E-state index contributed by atoms with van der Waals surface area (Å²) in [6, 6.07) is 8.45. The summed E-state index contributed by atoms with van der Waals surface area (Å²) in [4.78, 5) is 21.5. The van der Waals surface area contributed by atoms with Crippen molar-refractivity contribution < 1.29 is 4.79 Å². The predicted molar refractivity (Wildman–Crippen MR) is 90.5 cm³/mol. The Kier molecular flexibility index (Phi) is 3.77. The first-order chi connectivity index (χ1) is 11.2. The van der Waals surface area contributed by atoms with Gasteiger partial charge in [-0.2, -0.15) is 4.37 Å². The zero-order valence-corrected chi connectivity index (χ0v) is 14.1. The van der Waals surface area contributed by atoms with E-state index in [0.717, 1.165) is 50.0 Å². The number of carbonyl (C=O) groups excluding carboxylic acids is 1. The van der Waals surface area contributed by atoms with Crippen molar-refractivity contribution in [1.29, 1.82) is 0 Å². The van der Waals surface area contributed by atoms with Crippen molar-refractivity contribution in [3.8, 4) is 0 Å². The van der Waals surface area contributed by atoms with Crippen LogP contribution in [-0.2, 0) is 17.8 Å². The minimum atomic E-state index is 0.0875. The fourth-order valence-corrected chi connectivity index (χ4v) is 4.20. The molecule has 1 fully saturated rings. The third kappa shape index (κ3) is 2.83. The summed E-state index contributed by atoms with van der Waals surface area (Å²) in [6.45, 7) is 5.17. The Morgan fingerprint density at radius 1 is 1.26 bits per heavy atom. The van der Waals surface area contributed by atoms with E-state index >= 15 is 0 Å². The van der Waals surface area contributed by atoms with Crippen LogP contribution in [-0.4, -0.2) is 39.8 Å². The van der Waals surface area contributed by atoms with Gasteiger partial charge in [0.15, 0.2) is 0 Å². The summed E-state index contributed by atoms with van der Waals surface area (Å²) >= 11 is 1.43. The molecule has 0 saturated carbocycles. The molecule has 1 aromatic carbocycles. The summed E-state index contributed by atoms with van der Waals surface area (Å²) < 4.78 is 4.24. The van der Waals surface area contributed by atoms with E-state index in [1.807, 2.05) is 11.8 Å². The number of aromatic nitrogens is 2. The van der Waals surface area contributed by atoms with Crippen LogP contribution in [0, 0.1) is 12.8 Å². The van der Waals surface area contributed by atoms with E-state index in [2.05, 4.69) is 38.5 Å². The van der Waals surface area contributed by atoms with Crippen LogP contribution in [0.1, 0.15) is 23.4 Å². The normalized spacial score (nSPS) is 20.7. The lowest BCUT2D eigenvalue weighted by atomic mass is 9.98. The third-order valence-electron chi connectivity index (χ3n) is 4.77. The number of aryl methyl sites for hydroxylation is 1. The Bertz CT molecular complexity index is 729. The van der Waals surface area contributed by atoms with E-state index < -0.39 is 0 Å². The van der Waals surface area contributed by atoms with E-state index in [1.165, 1.54) is 22.7 Å². The van der Waals surface area contributed by atoms with Crippen LogP contribution in [0.3, 0.4) is 0 Å². The summed E-state index contributed by atoms with van der Waals surface area (Å²) in [5.41, 5.74) is 2.68. The number of amides is 1. The van der Waals surface area contributed by atoms with Crippen molar-refractivity contribution in [3.05, 3.63) is 41.2 Å². The highest BCUT2D eigenvalue weighted by Gasteiger charge is 2.33. The highest BCUT2D eigenvalue weighted by molar-refractivity contribution is 7.09. The number of hydrogen-bond acceptors (Lipinski definition) is 5. The number of fused-ring (bicyclic) bond motifs is 1. The highest BCUT2D eigenvalue weighted by atomic mass is 32.1. The minimum Gasteiger partial charge on any atom is -0.346 e. The Balaban J connectivity index is 1.42. The maximum absolute atomic E-state index is 12.9. The fourth-order valence-electron chi connectivity index (χ4n) is 3.49. The Hall–Kier alpha value is -1.95. The summed E-state index contributed by atoms with van der Waals surface area (Å²) in [5.74, 6) is 1.19. The molecule has 0 N–H and O–H groups in total. The molecule has 1 amide bonds. The second kappa shape index (κ2) is 5.92. The molecule has 0 aliphatic carbocycles. The van der Waals surface area contributed by atoms with Crippen LogP contribution in [0.4, 0.5) is 5.13 Å². The number of anilines is 1. The monoisotopic (exact) mass is 328 g/mol. The molecular formula is C17H20N4OS. The van der Waals surface area contributed by atoms with Gasteiger partial charge in [-0.15, -0.1) is 0 Å². The van der Waals surface area contributed by atoms with Crippen LogP contribution >= 0.6 is 11.5 Å². The van der Waals surface area contributed by atoms with Crippen LogP contribution in [0.2, 0.25) is 0 Å². The molecule has 5 nitrogen and oxygen atoms in total. The van der Waals surface area contributed by atoms with Crippen molar-refractivity contribution in [2.24, 2.45) is 5.92 Å². The van der Waals surface area contributed by atoms with Gasteiger partial charge in [0, 0.05) is 37.7 Å². The standard InChI is InChI=1S/C17H20N4OS/c1-12-18-17(23-19-12)21-9-7-15(11-21)16(22)20-8-6-13-4-2-3-5-14(13)10-20/h2-5,15H,6-11H2,1H3. The van der Waals surface area contributed by atoms with Crippen molar-refractivity contribution in [2.45, 2.75) is 26.3 Å². The van der Waals surface area contributed by atoms with Crippen molar-refractivity contribution >= 4 is 22.6 Å². The second-order valence-corrected chi connectivity index (χ2v) is 7.06. The van der Waals surface area contributed by atoms with E-state index in [-0.39, 0.29) is 5.92 Å². The lowest BCUT2D eigenvalue weighted by Crippen LogP contribution is -2.40. The first-order valence-corrected chi connectivity index (χ1v) is 8.89. The first-order valence-electron chi connectivity index (χ1n) is 8.11. The van der Waals surface area contributed by atoms with Gasteiger partial charge in [-0.1, -0.05) is 24.3 Å². The van der Waals surface area contributed by atoms with Crippen LogP contribution in [0.15, 0.2) is 24.3 Å². The molecular weight excluding hydrogens is 308 g/mol. The lowest BCUT2D eigenvalue weighted by Gasteiger charge is -2.30. The van der Waals surface area contributed by atoms with Crippen LogP contribution in [0.25, 0.3) is 0 Å². The molecule has 120 valence electrons. The molecule has 1 atom stereocenters. The molecule has 2 aromatic rings. The van der Waals surface area contributed by atoms with Gasteiger partial charge in [-0.05, 0) is 30.9 Å². The topological polar surface area (TPSA) is 49.3 Å². The van der Waals surface area contributed by atoms with E-state index in [9.17, 15) is 4.79 Å². The van der Waals surface area contributed by atoms with Crippen molar-refractivity contribution in [1.82, 2.24) is 14.3 Å². The van der Waals surface area contributed by atoms with Gasteiger partial charge in [0.2, 0.25) is 11.0 Å². The van der Waals surface area contributed by atoms with E-state index in [1.54, 1.807) is 0 Å². The van der Waals surface area contributed by atoms with Gasteiger partial charge in [0.05, 0.1) is 5.92 Å². The molecule has 1 aromatic heterocycles. The Morgan fingerprint density at radius 2 is 2.09 bits per heavy atom. The van der Waals surface area contributed by atoms with Gasteiger partial charge < -0.3 is 9.80 Å². The minimum absolute atomic E-state index is 0.0875. The van der Waals surface area contributed by atoms with E-state index in [4.69, 9.17) is 0 Å². The Labute approximate surface area is 140 Å². The van der Waals surface area contributed by atoms with Gasteiger partial charge >= 0.3 is 0 Å². The fraction of sp³-hybridized carbons (Fsp3) is 0.471. The molecule has 0 spiro atoms. The number of hydrogen-bond donors (Lipinski definition) is 0.